The Morgan fingerprint density at radius 1 is 1.30 bits per heavy atom. The van der Waals surface area contributed by atoms with Gasteiger partial charge >= 0.3 is 6.18 Å². The second kappa shape index (κ2) is 9.18. The molecule has 1 saturated heterocycles. The Balaban J connectivity index is 1.78. The van der Waals surface area contributed by atoms with Gasteiger partial charge in [-0.3, -0.25) is 19.5 Å². The fourth-order valence-corrected chi connectivity index (χ4v) is 3.92. The minimum Gasteiger partial charge on any atom is -0.368 e. The molecule has 0 bridgehead atoms. The number of amides is 1. The summed E-state index contributed by atoms with van der Waals surface area (Å²) in [5, 5.41) is 0.487. The van der Waals surface area contributed by atoms with Crippen molar-refractivity contribution in [2.24, 2.45) is 5.73 Å². The Morgan fingerprint density at radius 2 is 2.07 bits per heavy atom. The number of hydrogen-bond donors (Lipinski definition) is 1. The standard InChI is InChI=1S/C20H22ClF3N4O2/c21-15-4-5-16(26-9-15)8-17(19(25)30)27-7-1-2-13(10-27)14-3-6-18(29)28(11-14)12-20(22,23)24/h3-6,9,11,13,17H,1-2,7-8,10,12H2,(H2,25,30). The van der Waals surface area contributed by atoms with E-state index >= 15 is 0 Å². The average molecular weight is 443 g/mol. The number of piperidine rings is 1. The molecule has 2 atom stereocenters. The molecule has 162 valence electrons. The van der Waals surface area contributed by atoms with E-state index in [-0.39, 0.29) is 5.92 Å². The maximum absolute atomic E-state index is 12.8. The van der Waals surface area contributed by atoms with Crippen molar-refractivity contribution >= 4 is 17.5 Å². The molecule has 1 aliphatic rings. The molecule has 30 heavy (non-hydrogen) atoms. The van der Waals surface area contributed by atoms with E-state index in [9.17, 15) is 22.8 Å². The summed E-state index contributed by atoms with van der Waals surface area (Å²) in [6.07, 6.45) is 0.0879. The van der Waals surface area contributed by atoms with E-state index in [1.165, 1.54) is 12.4 Å². The van der Waals surface area contributed by atoms with Gasteiger partial charge in [-0.15, -0.1) is 0 Å². The van der Waals surface area contributed by atoms with Crippen LogP contribution in [0.2, 0.25) is 5.02 Å². The number of carbonyl (C=O) groups excluding carboxylic acids is 1. The van der Waals surface area contributed by atoms with Crippen LogP contribution in [0.25, 0.3) is 0 Å². The van der Waals surface area contributed by atoms with Crippen molar-refractivity contribution in [2.75, 3.05) is 13.1 Å². The van der Waals surface area contributed by atoms with Gasteiger partial charge in [-0.2, -0.15) is 13.2 Å². The van der Waals surface area contributed by atoms with Crippen LogP contribution in [0.3, 0.4) is 0 Å². The molecule has 3 heterocycles. The summed E-state index contributed by atoms with van der Waals surface area (Å²) < 4.78 is 38.9. The van der Waals surface area contributed by atoms with Gasteiger partial charge in [-0.25, -0.2) is 0 Å². The van der Waals surface area contributed by atoms with Gasteiger partial charge < -0.3 is 10.3 Å². The van der Waals surface area contributed by atoms with Gasteiger partial charge in [-0.1, -0.05) is 17.7 Å². The number of alkyl halides is 3. The lowest BCUT2D eigenvalue weighted by Gasteiger charge is -2.37. The zero-order valence-corrected chi connectivity index (χ0v) is 16.9. The molecule has 0 saturated carbocycles. The topological polar surface area (TPSA) is 81.2 Å². The molecular weight excluding hydrogens is 421 g/mol. The summed E-state index contributed by atoms with van der Waals surface area (Å²) in [5.41, 5.74) is 6.24. The summed E-state index contributed by atoms with van der Waals surface area (Å²) in [6.45, 7) is -0.243. The zero-order valence-electron chi connectivity index (χ0n) is 16.1. The molecule has 2 aromatic heterocycles. The monoisotopic (exact) mass is 442 g/mol. The van der Waals surface area contributed by atoms with Crippen LogP contribution in [0.4, 0.5) is 13.2 Å². The molecule has 0 radical (unpaired) electrons. The molecule has 0 aliphatic carbocycles. The Kier molecular flexibility index (Phi) is 6.82. The number of aromatic nitrogens is 2. The van der Waals surface area contributed by atoms with Crippen LogP contribution in [-0.4, -0.2) is 45.7 Å². The normalized spacial score (nSPS) is 18.9. The highest BCUT2D eigenvalue weighted by Gasteiger charge is 2.32. The highest BCUT2D eigenvalue weighted by atomic mass is 35.5. The SMILES string of the molecule is NC(=O)C(Cc1ccc(Cl)cn1)N1CCCC(c2ccc(=O)n(CC(F)(F)F)c2)C1. The van der Waals surface area contributed by atoms with Crippen molar-refractivity contribution in [3.63, 3.8) is 0 Å². The Bertz CT molecular complexity index is 946. The van der Waals surface area contributed by atoms with Crippen molar-refractivity contribution in [3.8, 4) is 0 Å². The summed E-state index contributed by atoms with van der Waals surface area (Å²) >= 11 is 5.85. The van der Waals surface area contributed by atoms with Crippen LogP contribution in [0.5, 0.6) is 0 Å². The molecule has 3 rings (SSSR count). The van der Waals surface area contributed by atoms with Crippen LogP contribution >= 0.6 is 11.6 Å². The molecule has 6 nitrogen and oxygen atoms in total. The number of hydrogen-bond acceptors (Lipinski definition) is 4. The largest absolute Gasteiger partial charge is 0.406 e. The van der Waals surface area contributed by atoms with Crippen molar-refractivity contribution in [1.29, 1.82) is 0 Å². The predicted molar refractivity (Wildman–Crippen MR) is 106 cm³/mol. The summed E-state index contributed by atoms with van der Waals surface area (Å²) in [4.78, 5) is 30.1. The maximum atomic E-state index is 12.8. The minimum atomic E-state index is -4.48. The molecular formula is C20H22ClF3N4O2. The van der Waals surface area contributed by atoms with E-state index in [2.05, 4.69) is 4.98 Å². The fourth-order valence-electron chi connectivity index (χ4n) is 3.80. The number of rotatable bonds is 6. The smallest absolute Gasteiger partial charge is 0.368 e. The first kappa shape index (κ1) is 22.3. The number of carbonyl (C=O) groups is 1. The van der Waals surface area contributed by atoms with Gasteiger partial charge in [0.25, 0.3) is 5.56 Å². The Labute approximate surface area is 176 Å². The molecule has 2 aromatic rings. The molecule has 0 aromatic carbocycles. The quantitative estimate of drug-likeness (QED) is 0.745. The number of halogens is 4. The number of pyridine rings is 2. The van der Waals surface area contributed by atoms with Crippen LogP contribution in [-0.2, 0) is 17.8 Å². The van der Waals surface area contributed by atoms with Crippen LogP contribution < -0.4 is 11.3 Å². The molecule has 2 N–H and O–H groups in total. The molecule has 2 unspecified atom stereocenters. The van der Waals surface area contributed by atoms with Crippen LogP contribution in [0, 0.1) is 0 Å². The molecule has 1 amide bonds. The Hall–Kier alpha value is -2.39. The highest BCUT2D eigenvalue weighted by Crippen LogP contribution is 2.28. The molecule has 10 heteroatoms. The lowest BCUT2D eigenvalue weighted by Crippen LogP contribution is -2.50. The molecule has 1 fully saturated rings. The number of nitrogens with two attached hydrogens (primary N) is 1. The van der Waals surface area contributed by atoms with Gasteiger partial charge in [0.15, 0.2) is 0 Å². The number of primary amides is 1. The van der Waals surface area contributed by atoms with Gasteiger partial charge in [0.1, 0.15) is 6.54 Å². The zero-order chi connectivity index (χ0) is 21.9. The third-order valence-corrected chi connectivity index (χ3v) is 5.46. The molecule has 1 aliphatic heterocycles. The third-order valence-electron chi connectivity index (χ3n) is 5.24. The van der Waals surface area contributed by atoms with Crippen LogP contribution in [0.1, 0.15) is 30.0 Å². The lowest BCUT2D eigenvalue weighted by atomic mass is 9.90. The van der Waals surface area contributed by atoms with Gasteiger partial charge in [0, 0.05) is 37.1 Å². The van der Waals surface area contributed by atoms with E-state index in [0.29, 0.717) is 40.4 Å². The summed E-state index contributed by atoms with van der Waals surface area (Å²) in [6, 6.07) is 5.53. The van der Waals surface area contributed by atoms with Crippen molar-refractivity contribution in [1.82, 2.24) is 14.5 Å². The predicted octanol–water partition coefficient (Wildman–Crippen LogP) is 2.74. The lowest BCUT2D eigenvalue weighted by molar-refractivity contribution is -0.141. The minimum absolute atomic E-state index is 0.112. The second-order valence-electron chi connectivity index (χ2n) is 7.47. The van der Waals surface area contributed by atoms with Crippen molar-refractivity contribution < 1.29 is 18.0 Å². The third kappa shape index (κ3) is 5.82. The maximum Gasteiger partial charge on any atom is 0.406 e. The first-order valence-corrected chi connectivity index (χ1v) is 9.91. The summed E-state index contributed by atoms with van der Waals surface area (Å²) in [7, 11) is 0. The van der Waals surface area contributed by atoms with Crippen LogP contribution in [0.15, 0.2) is 41.5 Å². The van der Waals surface area contributed by atoms with E-state index in [1.54, 1.807) is 18.2 Å². The highest BCUT2D eigenvalue weighted by molar-refractivity contribution is 6.30. The average Bonchev–Trinajstić information content (AvgIpc) is 2.68. The second-order valence-corrected chi connectivity index (χ2v) is 7.90. The van der Waals surface area contributed by atoms with E-state index in [4.69, 9.17) is 17.3 Å². The first-order chi connectivity index (χ1) is 14.1. The van der Waals surface area contributed by atoms with Gasteiger partial charge in [0.05, 0.1) is 11.1 Å². The number of likely N-dealkylation sites (tertiary alicyclic amines) is 1. The van der Waals surface area contributed by atoms with E-state index < -0.39 is 30.2 Å². The Morgan fingerprint density at radius 3 is 2.70 bits per heavy atom. The van der Waals surface area contributed by atoms with E-state index in [0.717, 1.165) is 18.9 Å². The number of nitrogens with zero attached hydrogens (tertiary/aromatic N) is 3. The first-order valence-electron chi connectivity index (χ1n) is 9.53. The van der Waals surface area contributed by atoms with Gasteiger partial charge in [0.2, 0.25) is 5.91 Å². The van der Waals surface area contributed by atoms with Crippen molar-refractivity contribution in [3.05, 3.63) is 63.3 Å². The van der Waals surface area contributed by atoms with Crippen molar-refractivity contribution in [2.45, 2.75) is 43.9 Å². The molecule has 0 spiro atoms. The summed E-state index contributed by atoms with van der Waals surface area (Å²) in [5.74, 6) is -0.603. The fraction of sp³-hybridized carbons (Fsp3) is 0.450. The van der Waals surface area contributed by atoms with E-state index in [1.807, 2.05) is 4.90 Å². The van der Waals surface area contributed by atoms with Gasteiger partial charge in [-0.05, 0) is 43.0 Å².